The topological polar surface area (TPSA) is 169 Å². The van der Waals surface area contributed by atoms with Crippen molar-refractivity contribution < 1.29 is 33.3 Å². The largest absolute Gasteiger partial charge is 0.394 e. The number of aliphatic hydroxyl groups is 2. The second kappa shape index (κ2) is 9.35. The van der Waals surface area contributed by atoms with Crippen molar-refractivity contribution in [3.8, 4) is 0 Å². The maximum Gasteiger partial charge on any atom is 0.351 e. The minimum atomic E-state index is -3.84. The van der Waals surface area contributed by atoms with Gasteiger partial charge in [-0.1, -0.05) is 0 Å². The fourth-order valence-electron chi connectivity index (χ4n) is 2.66. The van der Waals surface area contributed by atoms with Gasteiger partial charge in [-0.2, -0.15) is 13.8 Å². The van der Waals surface area contributed by atoms with Crippen LogP contribution in [0, 0.1) is 0 Å². The second-order valence-corrected chi connectivity index (χ2v) is 6.50. The highest BCUT2D eigenvalue weighted by atomic mass is 19.3. The third kappa shape index (κ3) is 5.12. The standard InChI is InChI=1S/C16H23F2N5O6/c1-8(20-11(25)3-2-5-19)13(27)21-10-4-6-23(15(28)22-10)14-16(17,18)12(26)9(7-24)29-14/h4,6,8-9,12,14,24,26H,2-3,5,7,19H2,1H3,(H,20,25)(H,21,22,27,28)/t8-,9+,12+,14+/m0/s1. The summed E-state index contributed by atoms with van der Waals surface area (Å²) < 4.78 is 33.6. The molecule has 0 aromatic carbocycles. The molecule has 0 radical (unpaired) electrons. The number of anilines is 1. The summed E-state index contributed by atoms with van der Waals surface area (Å²) in [5.41, 5.74) is 4.13. The lowest BCUT2D eigenvalue weighted by atomic mass is 10.1. The summed E-state index contributed by atoms with van der Waals surface area (Å²) in [6.07, 6.45) is -4.50. The quantitative estimate of drug-likeness (QED) is 0.332. The number of rotatable bonds is 8. The van der Waals surface area contributed by atoms with Crippen LogP contribution in [0.3, 0.4) is 0 Å². The molecule has 0 spiro atoms. The van der Waals surface area contributed by atoms with E-state index < -0.39 is 48.6 Å². The zero-order valence-corrected chi connectivity index (χ0v) is 15.5. The van der Waals surface area contributed by atoms with E-state index in [9.17, 15) is 28.3 Å². The zero-order chi connectivity index (χ0) is 21.8. The lowest BCUT2D eigenvalue weighted by Crippen LogP contribution is -2.43. The molecule has 1 aliphatic heterocycles. The molecule has 0 unspecified atom stereocenters. The molecule has 0 bridgehead atoms. The number of amides is 2. The highest BCUT2D eigenvalue weighted by Gasteiger charge is 2.59. The highest BCUT2D eigenvalue weighted by molar-refractivity contribution is 5.96. The Hall–Kier alpha value is -2.48. The van der Waals surface area contributed by atoms with Crippen LogP contribution in [-0.2, 0) is 14.3 Å². The number of nitrogens with one attached hydrogen (secondary N) is 2. The monoisotopic (exact) mass is 419 g/mol. The Labute approximate surface area is 163 Å². The van der Waals surface area contributed by atoms with E-state index in [0.717, 1.165) is 12.3 Å². The van der Waals surface area contributed by atoms with Crippen molar-refractivity contribution in [2.45, 2.75) is 50.2 Å². The van der Waals surface area contributed by atoms with Crippen LogP contribution in [-0.4, -0.2) is 68.9 Å². The van der Waals surface area contributed by atoms with Gasteiger partial charge < -0.3 is 31.3 Å². The molecule has 2 heterocycles. The second-order valence-electron chi connectivity index (χ2n) is 6.50. The Morgan fingerprint density at radius 1 is 1.48 bits per heavy atom. The van der Waals surface area contributed by atoms with Crippen LogP contribution in [0.4, 0.5) is 14.6 Å². The Balaban J connectivity index is 2.07. The first-order valence-corrected chi connectivity index (χ1v) is 8.83. The van der Waals surface area contributed by atoms with Crippen molar-refractivity contribution in [3.63, 3.8) is 0 Å². The molecule has 11 nitrogen and oxygen atoms in total. The van der Waals surface area contributed by atoms with Gasteiger partial charge in [0, 0.05) is 12.6 Å². The van der Waals surface area contributed by atoms with Crippen molar-refractivity contribution >= 4 is 17.6 Å². The molecule has 1 aromatic rings. The maximum absolute atomic E-state index is 14.1. The molecule has 2 rings (SSSR count). The van der Waals surface area contributed by atoms with Crippen LogP contribution in [0.25, 0.3) is 0 Å². The molecular weight excluding hydrogens is 396 g/mol. The lowest BCUT2D eigenvalue weighted by molar-refractivity contribution is -0.141. The predicted octanol–water partition coefficient (Wildman–Crippen LogP) is -1.69. The van der Waals surface area contributed by atoms with Gasteiger partial charge in [-0.15, -0.1) is 0 Å². The molecule has 0 aliphatic carbocycles. The van der Waals surface area contributed by atoms with Gasteiger partial charge in [-0.25, -0.2) is 4.79 Å². The molecule has 4 atom stereocenters. The van der Waals surface area contributed by atoms with Gasteiger partial charge in [0.2, 0.25) is 18.0 Å². The van der Waals surface area contributed by atoms with Gasteiger partial charge >= 0.3 is 11.6 Å². The number of hydrogen-bond acceptors (Lipinski definition) is 8. The number of ether oxygens (including phenoxy) is 1. The van der Waals surface area contributed by atoms with E-state index in [0.29, 0.717) is 17.5 Å². The minimum Gasteiger partial charge on any atom is -0.394 e. The summed E-state index contributed by atoms with van der Waals surface area (Å²) in [7, 11) is 0. The summed E-state index contributed by atoms with van der Waals surface area (Å²) in [4.78, 5) is 39.3. The molecule has 2 amide bonds. The third-order valence-electron chi connectivity index (χ3n) is 4.27. The van der Waals surface area contributed by atoms with Gasteiger partial charge in [-0.05, 0) is 26.0 Å². The molecule has 0 saturated carbocycles. The van der Waals surface area contributed by atoms with Crippen LogP contribution in [0.1, 0.15) is 26.0 Å². The number of aromatic nitrogens is 2. The van der Waals surface area contributed by atoms with E-state index in [-0.39, 0.29) is 18.1 Å². The van der Waals surface area contributed by atoms with Crippen molar-refractivity contribution in [1.82, 2.24) is 14.9 Å². The molecule has 6 N–H and O–H groups in total. The Bertz CT molecular complexity index is 804. The van der Waals surface area contributed by atoms with E-state index in [4.69, 9.17) is 15.6 Å². The summed E-state index contributed by atoms with van der Waals surface area (Å²) in [5, 5.41) is 23.3. The number of halogens is 2. The number of alkyl halides is 2. The molecule has 1 fully saturated rings. The number of carbonyl (C=O) groups excluding carboxylic acids is 2. The fourth-order valence-corrected chi connectivity index (χ4v) is 2.66. The van der Waals surface area contributed by atoms with Gasteiger partial charge in [0.15, 0.2) is 6.10 Å². The van der Waals surface area contributed by atoms with Crippen LogP contribution < -0.4 is 22.1 Å². The number of carbonyl (C=O) groups is 2. The smallest absolute Gasteiger partial charge is 0.351 e. The molecule has 1 aliphatic rings. The van der Waals surface area contributed by atoms with E-state index in [1.165, 1.54) is 6.92 Å². The van der Waals surface area contributed by atoms with E-state index in [2.05, 4.69) is 15.6 Å². The predicted molar refractivity (Wildman–Crippen MR) is 95.0 cm³/mol. The van der Waals surface area contributed by atoms with E-state index in [1.807, 2.05) is 0 Å². The normalized spacial score (nSPS) is 24.1. The van der Waals surface area contributed by atoms with Gasteiger partial charge in [0.25, 0.3) is 0 Å². The van der Waals surface area contributed by atoms with Gasteiger partial charge in [0.05, 0.1) is 6.61 Å². The molecule has 162 valence electrons. The van der Waals surface area contributed by atoms with E-state index in [1.54, 1.807) is 0 Å². The average molecular weight is 419 g/mol. The number of nitrogens with zero attached hydrogens (tertiary/aromatic N) is 2. The highest BCUT2D eigenvalue weighted by Crippen LogP contribution is 2.41. The first kappa shape index (κ1) is 22.8. The summed E-state index contributed by atoms with van der Waals surface area (Å²) in [6.45, 7) is 0.882. The number of aliphatic hydroxyl groups excluding tert-OH is 2. The number of hydrogen-bond donors (Lipinski definition) is 5. The summed E-state index contributed by atoms with van der Waals surface area (Å²) in [5.74, 6) is -5.11. The van der Waals surface area contributed by atoms with Crippen molar-refractivity contribution in [2.24, 2.45) is 5.73 Å². The van der Waals surface area contributed by atoms with Crippen LogP contribution in [0.5, 0.6) is 0 Å². The fraction of sp³-hybridized carbons (Fsp3) is 0.625. The van der Waals surface area contributed by atoms with E-state index >= 15 is 0 Å². The lowest BCUT2D eigenvalue weighted by Gasteiger charge is -2.21. The van der Waals surface area contributed by atoms with Crippen LogP contribution in [0.15, 0.2) is 17.1 Å². The summed E-state index contributed by atoms with van der Waals surface area (Å²) in [6, 6.07) is 0.146. The molecular formula is C16H23F2N5O6. The average Bonchev–Trinajstić information content (AvgIpc) is 2.89. The SMILES string of the molecule is C[C@H](NC(=O)CCCN)C(=O)Nc1ccn([C@@H]2O[C@H](CO)[C@@H](O)C2(F)F)c(=O)n1. The first-order chi connectivity index (χ1) is 13.6. The first-order valence-electron chi connectivity index (χ1n) is 8.83. The van der Waals surface area contributed by atoms with Crippen molar-refractivity contribution in [1.29, 1.82) is 0 Å². The number of nitrogens with two attached hydrogens (primary N) is 1. The van der Waals surface area contributed by atoms with Gasteiger partial charge in [-0.3, -0.25) is 14.2 Å². The zero-order valence-electron chi connectivity index (χ0n) is 15.5. The minimum absolute atomic E-state index is 0.151. The summed E-state index contributed by atoms with van der Waals surface area (Å²) >= 11 is 0. The van der Waals surface area contributed by atoms with Crippen LogP contribution >= 0.6 is 0 Å². The van der Waals surface area contributed by atoms with Gasteiger partial charge in [0.1, 0.15) is 18.0 Å². The Morgan fingerprint density at radius 2 is 2.17 bits per heavy atom. The maximum atomic E-state index is 14.1. The molecule has 1 aromatic heterocycles. The van der Waals surface area contributed by atoms with Crippen molar-refractivity contribution in [2.75, 3.05) is 18.5 Å². The van der Waals surface area contributed by atoms with Crippen molar-refractivity contribution in [3.05, 3.63) is 22.7 Å². The molecule has 29 heavy (non-hydrogen) atoms. The molecule has 13 heteroatoms. The Morgan fingerprint density at radius 3 is 2.72 bits per heavy atom. The third-order valence-corrected chi connectivity index (χ3v) is 4.27. The van der Waals surface area contributed by atoms with Crippen LogP contribution in [0.2, 0.25) is 0 Å². The molecule has 1 saturated heterocycles. The Kier molecular flexibility index (Phi) is 7.35.